The van der Waals surface area contributed by atoms with E-state index in [0.29, 0.717) is 27.9 Å². The minimum atomic E-state index is -2.64. The predicted octanol–water partition coefficient (Wildman–Crippen LogP) is 2.40. The zero-order chi connectivity index (χ0) is 19.2. The Hall–Kier alpha value is -2.24. The smallest absolute Gasteiger partial charge is 0.323 e. The molecule has 0 aliphatic heterocycles. The summed E-state index contributed by atoms with van der Waals surface area (Å²) in [7, 11) is -2.64. The van der Waals surface area contributed by atoms with Gasteiger partial charge in [-0.3, -0.25) is 0 Å². The highest BCUT2D eigenvalue weighted by Gasteiger charge is 2.23. The van der Waals surface area contributed by atoms with Gasteiger partial charge in [0.15, 0.2) is 5.82 Å². The van der Waals surface area contributed by atoms with E-state index in [2.05, 4.69) is 10.2 Å². The molecule has 0 amide bonds. The third kappa shape index (κ3) is 3.25. The lowest BCUT2D eigenvalue weighted by Gasteiger charge is -2.16. The molecule has 1 heterocycles. The number of hydrogen-bond acceptors (Lipinski definition) is 5. The van der Waals surface area contributed by atoms with Crippen molar-refractivity contribution in [1.82, 2.24) is 10.2 Å². The molecule has 26 heavy (non-hydrogen) atoms. The molecule has 0 bridgehead atoms. The van der Waals surface area contributed by atoms with E-state index in [1.165, 1.54) is 12.9 Å². The molecule has 0 saturated carbocycles. The van der Waals surface area contributed by atoms with Crippen molar-refractivity contribution in [2.24, 2.45) is 0 Å². The summed E-state index contributed by atoms with van der Waals surface area (Å²) in [4.78, 5) is 0. The van der Waals surface area contributed by atoms with Crippen molar-refractivity contribution in [3.63, 3.8) is 0 Å². The van der Waals surface area contributed by atoms with Crippen LogP contribution in [-0.2, 0) is 4.57 Å². The van der Waals surface area contributed by atoms with Gasteiger partial charge in [-0.05, 0) is 49.5 Å². The van der Waals surface area contributed by atoms with Crippen LogP contribution < -0.4 is 16.5 Å². The Morgan fingerprint density at radius 2 is 1.85 bits per heavy atom. The Morgan fingerprint density at radius 1 is 1.15 bits per heavy atom. The van der Waals surface area contributed by atoms with Crippen LogP contribution in [0.3, 0.4) is 0 Å². The molecular formula is C18H20BFN3O2P. The standard InChI is InChI=1S/C18H20BFN3O2P/c1-10-14-7-11(5-6-13(14)18(21)23-22-10)15-8-12(26(3,4)25)9-16(17(15)20)19(2)24/h5-9,24H,1-4H3,(H2,21,23). The van der Waals surface area contributed by atoms with Gasteiger partial charge in [0.2, 0.25) is 0 Å². The van der Waals surface area contributed by atoms with Crippen LogP contribution in [-0.4, -0.2) is 35.5 Å². The number of nitrogens with zero attached hydrogens (tertiary/aromatic N) is 2. The van der Waals surface area contributed by atoms with Crippen LogP contribution in [0, 0.1) is 12.7 Å². The van der Waals surface area contributed by atoms with Crippen LogP contribution in [0.4, 0.5) is 10.2 Å². The number of halogens is 1. The predicted molar refractivity (Wildman–Crippen MR) is 107 cm³/mol. The van der Waals surface area contributed by atoms with Gasteiger partial charge in [-0.2, -0.15) is 5.10 Å². The Bertz CT molecular complexity index is 1070. The van der Waals surface area contributed by atoms with Crippen LogP contribution in [0.1, 0.15) is 5.69 Å². The van der Waals surface area contributed by atoms with E-state index < -0.39 is 19.9 Å². The van der Waals surface area contributed by atoms with Gasteiger partial charge in [0.05, 0.1) is 5.69 Å². The highest BCUT2D eigenvalue weighted by atomic mass is 31.2. The summed E-state index contributed by atoms with van der Waals surface area (Å²) in [5.41, 5.74) is 7.57. The van der Waals surface area contributed by atoms with Crippen LogP contribution in [0.2, 0.25) is 6.82 Å². The van der Waals surface area contributed by atoms with Gasteiger partial charge in [-0.1, -0.05) is 19.0 Å². The van der Waals surface area contributed by atoms with Crippen molar-refractivity contribution >= 4 is 41.4 Å². The number of rotatable bonds is 3. The van der Waals surface area contributed by atoms with E-state index in [1.54, 1.807) is 44.5 Å². The fraction of sp³-hybridized carbons (Fsp3) is 0.222. The average Bonchev–Trinajstić information content (AvgIpc) is 2.57. The molecule has 0 radical (unpaired) electrons. The Morgan fingerprint density at radius 3 is 2.46 bits per heavy atom. The minimum Gasteiger partial charge on any atom is -0.446 e. The molecule has 0 atom stereocenters. The molecule has 1 aromatic heterocycles. The largest absolute Gasteiger partial charge is 0.446 e. The number of aromatic nitrogens is 2. The highest BCUT2D eigenvalue weighted by molar-refractivity contribution is 7.70. The van der Waals surface area contributed by atoms with Gasteiger partial charge in [-0.15, -0.1) is 5.10 Å². The number of benzene rings is 2. The van der Waals surface area contributed by atoms with Gasteiger partial charge >= 0.3 is 6.92 Å². The SMILES string of the molecule is CB(O)c1cc(P(C)(C)=O)cc(-c2ccc3c(N)nnc(C)c3c2)c1F. The van der Waals surface area contributed by atoms with Crippen molar-refractivity contribution in [1.29, 1.82) is 0 Å². The zero-order valence-corrected chi connectivity index (χ0v) is 16.0. The van der Waals surface area contributed by atoms with E-state index >= 15 is 4.39 Å². The van der Waals surface area contributed by atoms with Gasteiger partial charge in [0, 0.05) is 21.6 Å². The summed E-state index contributed by atoms with van der Waals surface area (Å²) >= 11 is 0. The third-order valence-corrected chi connectivity index (χ3v) is 5.96. The molecule has 2 aromatic carbocycles. The molecule has 8 heteroatoms. The minimum absolute atomic E-state index is 0.130. The van der Waals surface area contributed by atoms with Crippen LogP contribution >= 0.6 is 7.14 Å². The monoisotopic (exact) mass is 371 g/mol. The lowest BCUT2D eigenvalue weighted by molar-refractivity contribution is 0.584. The Labute approximate surface area is 151 Å². The Kier molecular flexibility index (Phi) is 4.63. The molecule has 0 aliphatic rings. The first-order valence-corrected chi connectivity index (χ1v) is 10.8. The molecule has 3 aromatic rings. The molecule has 0 saturated heterocycles. The number of fused-ring (bicyclic) bond motifs is 1. The second-order valence-electron chi connectivity index (χ2n) is 6.85. The van der Waals surface area contributed by atoms with Gasteiger partial charge < -0.3 is 15.3 Å². The number of hydrogen-bond donors (Lipinski definition) is 2. The maximum absolute atomic E-state index is 15.1. The maximum atomic E-state index is 15.1. The van der Waals surface area contributed by atoms with Gasteiger partial charge in [-0.25, -0.2) is 4.39 Å². The lowest BCUT2D eigenvalue weighted by atomic mass is 9.63. The van der Waals surface area contributed by atoms with Crippen molar-refractivity contribution in [3.8, 4) is 11.1 Å². The molecule has 5 nitrogen and oxygen atoms in total. The molecule has 134 valence electrons. The van der Waals surface area contributed by atoms with Crippen molar-refractivity contribution in [3.05, 3.63) is 41.8 Å². The second-order valence-corrected chi connectivity index (χ2v) is 10.1. The van der Waals surface area contributed by atoms with E-state index in [0.717, 1.165) is 10.8 Å². The van der Waals surface area contributed by atoms with E-state index in [4.69, 9.17) is 5.73 Å². The van der Waals surface area contributed by atoms with Gasteiger partial charge in [0.1, 0.15) is 13.0 Å². The third-order valence-electron chi connectivity index (χ3n) is 4.46. The average molecular weight is 371 g/mol. The fourth-order valence-electron chi connectivity index (χ4n) is 2.93. The molecule has 0 spiro atoms. The number of nitrogens with two attached hydrogens (primary N) is 1. The molecule has 3 rings (SSSR count). The van der Waals surface area contributed by atoms with E-state index in [-0.39, 0.29) is 5.46 Å². The molecule has 0 unspecified atom stereocenters. The number of nitrogen functional groups attached to an aromatic ring is 1. The topological polar surface area (TPSA) is 89.1 Å². The molecular weight excluding hydrogens is 351 g/mol. The van der Waals surface area contributed by atoms with Crippen LogP contribution in [0.5, 0.6) is 0 Å². The maximum Gasteiger partial charge on any atom is 0.323 e. The second kappa shape index (κ2) is 6.49. The van der Waals surface area contributed by atoms with Crippen LogP contribution in [0.25, 0.3) is 21.9 Å². The first kappa shape index (κ1) is 18.6. The summed E-state index contributed by atoms with van der Waals surface area (Å²) < 4.78 is 27.6. The normalized spacial score (nSPS) is 11.8. The summed E-state index contributed by atoms with van der Waals surface area (Å²) in [6, 6.07) is 8.38. The summed E-state index contributed by atoms with van der Waals surface area (Å²) in [6.07, 6.45) is 0. The summed E-state index contributed by atoms with van der Waals surface area (Å²) in [5.74, 6) is -0.216. The van der Waals surface area contributed by atoms with Crippen LogP contribution in [0.15, 0.2) is 30.3 Å². The number of anilines is 1. The zero-order valence-electron chi connectivity index (χ0n) is 15.1. The van der Waals surface area contributed by atoms with Crippen molar-refractivity contribution in [2.75, 3.05) is 19.1 Å². The number of aryl methyl sites for hydroxylation is 1. The van der Waals surface area contributed by atoms with Crippen molar-refractivity contribution in [2.45, 2.75) is 13.7 Å². The molecule has 0 aliphatic carbocycles. The molecule has 0 fully saturated rings. The quantitative estimate of drug-likeness (QED) is 0.545. The summed E-state index contributed by atoms with van der Waals surface area (Å²) in [5, 5.41) is 19.9. The first-order valence-electron chi connectivity index (χ1n) is 8.19. The fourth-order valence-corrected chi connectivity index (χ4v) is 3.82. The lowest BCUT2D eigenvalue weighted by Crippen LogP contribution is -2.33. The van der Waals surface area contributed by atoms with E-state index in [9.17, 15) is 9.59 Å². The first-order chi connectivity index (χ1) is 12.1. The molecule has 3 N–H and O–H groups in total. The Balaban J connectivity index is 2.32. The van der Waals surface area contributed by atoms with E-state index in [1.807, 2.05) is 0 Å². The van der Waals surface area contributed by atoms with Crippen molar-refractivity contribution < 1.29 is 14.0 Å². The van der Waals surface area contributed by atoms with Gasteiger partial charge in [0.25, 0.3) is 0 Å². The highest BCUT2D eigenvalue weighted by Crippen LogP contribution is 2.37. The summed E-state index contributed by atoms with van der Waals surface area (Å²) in [6.45, 7) is 5.53.